The van der Waals surface area contributed by atoms with Gasteiger partial charge in [-0.1, -0.05) is 6.07 Å². The van der Waals surface area contributed by atoms with E-state index in [9.17, 15) is 9.50 Å². The van der Waals surface area contributed by atoms with Crippen LogP contribution in [0.4, 0.5) is 4.39 Å². The van der Waals surface area contributed by atoms with Crippen molar-refractivity contribution in [3.63, 3.8) is 0 Å². The van der Waals surface area contributed by atoms with Crippen molar-refractivity contribution in [2.24, 2.45) is 5.73 Å². The third-order valence-corrected chi connectivity index (χ3v) is 2.12. The van der Waals surface area contributed by atoms with Crippen LogP contribution in [0.25, 0.3) is 0 Å². The van der Waals surface area contributed by atoms with Gasteiger partial charge in [0.05, 0.1) is 18.8 Å². The fraction of sp³-hybridized carbons (Fsp3) is 0.400. The van der Waals surface area contributed by atoms with E-state index in [0.717, 1.165) is 0 Å². The Hall–Kier alpha value is -0.970. The quantitative estimate of drug-likeness (QED) is 0.671. The molecule has 0 heterocycles. The predicted molar refractivity (Wildman–Crippen MR) is 50.9 cm³/mol. The van der Waals surface area contributed by atoms with Gasteiger partial charge < -0.3 is 15.9 Å². The van der Waals surface area contributed by atoms with E-state index in [1.165, 1.54) is 25.1 Å². The maximum atomic E-state index is 13.2. The van der Waals surface area contributed by atoms with Gasteiger partial charge in [-0.05, 0) is 24.6 Å². The molecule has 1 aromatic rings. The Balaban J connectivity index is 3.05. The molecule has 0 aliphatic rings. The lowest BCUT2D eigenvalue weighted by molar-refractivity contribution is 0.162. The van der Waals surface area contributed by atoms with Gasteiger partial charge in [-0.2, -0.15) is 0 Å². The second-order valence-electron chi connectivity index (χ2n) is 3.28. The molecule has 0 spiro atoms. The van der Waals surface area contributed by atoms with Crippen molar-refractivity contribution in [1.82, 2.24) is 0 Å². The first-order valence-electron chi connectivity index (χ1n) is 4.39. The molecule has 1 aromatic carbocycles. The van der Waals surface area contributed by atoms with Crippen LogP contribution in [0.3, 0.4) is 0 Å². The standard InChI is InChI=1S/C10H14FNO2/c1-6(14)10(12)8-4-7(5-13)2-3-9(8)11/h2-4,6,10,13-14H,5,12H2,1H3/t6-,10-/m1/s1. The molecule has 1 rings (SSSR count). The van der Waals surface area contributed by atoms with Crippen molar-refractivity contribution in [2.45, 2.75) is 25.7 Å². The monoisotopic (exact) mass is 199 g/mol. The van der Waals surface area contributed by atoms with Crippen LogP contribution in [-0.4, -0.2) is 16.3 Å². The maximum absolute atomic E-state index is 13.2. The minimum Gasteiger partial charge on any atom is -0.392 e. The molecule has 14 heavy (non-hydrogen) atoms. The summed E-state index contributed by atoms with van der Waals surface area (Å²) < 4.78 is 13.2. The Bertz CT molecular complexity index is 315. The van der Waals surface area contributed by atoms with Crippen molar-refractivity contribution >= 4 is 0 Å². The van der Waals surface area contributed by atoms with Gasteiger partial charge in [-0.25, -0.2) is 4.39 Å². The minimum absolute atomic E-state index is 0.167. The van der Waals surface area contributed by atoms with E-state index in [1.54, 1.807) is 0 Å². The lowest BCUT2D eigenvalue weighted by Crippen LogP contribution is -2.24. The number of nitrogens with two attached hydrogens (primary N) is 1. The van der Waals surface area contributed by atoms with Crippen LogP contribution >= 0.6 is 0 Å². The summed E-state index contributed by atoms with van der Waals surface area (Å²) in [6.07, 6.45) is -0.821. The smallest absolute Gasteiger partial charge is 0.128 e. The van der Waals surface area contributed by atoms with Crippen LogP contribution in [0.15, 0.2) is 18.2 Å². The van der Waals surface area contributed by atoms with Gasteiger partial charge in [0.25, 0.3) is 0 Å². The summed E-state index contributed by atoms with van der Waals surface area (Å²) in [6.45, 7) is 1.33. The van der Waals surface area contributed by atoms with Crippen LogP contribution in [0.5, 0.6) is 0 Å². The average molecular weight is 199 g/mol. The number of hydrogen-bond acceptors (Lipinski definition) is 3. The molecule has 0 saturated heterocycles. The van der Waals surface area contributed by atoms with Crippen LogP contribution in [-0.2, 0) is 6.61 Å². The van der Waals surface area contributed by atoms with Gasteiger partial charge in [0.2, 0.25) is 0 Å². The molecule has 0 fully saturated rings. The van der Waals surface area contributed by atoms with Gasteiger partial charge in [0.15, 0.2) is 0 Å². The molecule has 4 N–H and O–H groups in total. The summed E-state index contributed by atoms with van der Waals surface area (Å²) in [5.74, 6) is -0.462. The lowest BCUT2D eigenvalue weighted by Gasteiger charge is -2.16. The maximum Gasteiger partial charge on any atom is 0.128 e. The lowest BCUT2D eigenvalue weighted by atomic mass is 10.0. The summed E-state index contributed by atoms with van der Waals surface area (Å²) in [5.41, 5.74) is 6.40. The number of aliphatic hydroxyl groups is 2. The number of benzene rings is 1. The Morgan fingerprint density at radius 3 is 2.64 bits per heavy atom. The topological polar surface area (TPSA) is 66.5 Å². The van der Waals surface area contributed by atoms with Crippen molar-refractivity contribution in [3.05, 3.63) is 35.1 Å². The number of hydrogen-bond donors (Lipinski definition) is 3. The van der Waals surface area contributed by atoms with Crippen LogP contribution < -0.4 is 5.73 Å². The van der Waals surface area contributed by atoms with E-state index in [-0.39, 0.29) is 12.2 Å². The Kier molecular flexibility index (Phi) is 3.57. The average Bonchev–Trinajstić information content (AvgIpc) is 2.17. The normalized spacial score (nSPS) is 15.2. The molecule has 4 heteroatoms. The molecule has 0 aromatic heterocycles. The van der Waals surface area contributed by atoms with Crippen molar-refractivity contribution in [1.29, 1.82) is 0 Å². The molecule has 0 aliphatic heterocycles. The Morgan fingerprint density at radius 2 is 2.14 bits per heavy atom. The second kappa shape index (κ2) is 4.50. The zero-order chi connectivity index (χ0) is 10.7. The highest BCUT2D eigenvalue weighted by Crippen LogP contribution is 2.19. The van der Waals surface area contributed by atoms with E-state index < -0.39 is 18.0 Å². The molecule has 0 saturated carbocycles. The highest BCUT2D eigenvalue weighted by Gasteiger charge is 2.16. The highest BCUT2D eigenvalue weighted by molar-refractivity contribution is 5.27. The van der Waals surface area contributed by atoms with Crippen molar-refractivity contribution in [2.75, 3.05) is 0 Å². The number of aliphatic hydroxyl groups excluding tert-OH is 2. The Labute approximate surface area is 82.0 Å². The summed E-state index contributed by atoms with van der Waals surface area (Å²) in [6, 6.07) is 3.42. The van der Waals surface area contributed by atoms with Crippen LogP contribution in [0, 0.1) is 5.82 Å². The molecule has 3 nitrogen and oxygen atoms in total. The van der Waals surface area contributed by atoms with E-state index in [1.807, 2.05) is 0 Å². The summed E-state index contributed by atoms with van der Waals surface area (Å²) in [4.78, 5) is 0. The first kappa shape index (κ1) is 11.1. The third-order valence-electron chi connectivity index (χ3n) is 2.12. The van der Waals surface area contributed by atoms with Gasteiger partial charge in [0, 0.05) is 5.56 Å². The highest BCUT2D eigenvalue weighted by atomic mass is 19.1. The van der Waals surface area contributed by atoms with E-state index in [4.69, 9.17) is 10.8 Å². The SMILES string of the molecule is C[C@@H](O)[C@@H](N)c1cc(CO)ccc1F. The van der Waals surface area contributed by atoms with E-state index in [0.29, 0.717) is 5.56 Å². The fourth-order valence-electron chi connectivity index (χ4n) is 1.21. The van der Waals surface area contributed by atoms with Gasteiger partial charge in [0.1, 0.15) is 5.82 Å². The molecule has 0 amide bonds. The van der Waals surface area contributed by atoms with E-state index >= 15 is 0 Å². The van der Waals surface area contributed by atoms with Crippen LogP contribution in [0.1, 0.15) is 24.1 Å². The van der Waals surface area contributed by atoms with E-state index in [2.05, 4.69) is 0 Å². The molecular weight excluding hydrogens is 185 g/mol. The van der Waals surface area contributed by atoms with Gasteiger partial charge in [-0.15, -0.1) is 0 Å². The summed E-state index contributed by atoms with van der Waals surface area (Å²) in [5, 5.41) is 18.1. The molecule has 0 aliphatic carbocycles. The molecule has 0 unspecified atom stereocenters. The Morgan fingerprint density at radius 1 is 1.50 bits per heavy atom. The number of halogens is 1. The van der Waals surface area contributed by atoms with Gasteiger partial charge >= 0.3 is 0 Å². The van der Waals surface area contributed by atoms with Crippen molar-refractivity contribution < 1.29 is 14.6 Å². The van der Waals surface area contributed by atoms with Gasteiger partial charge in [-0.3, -0.25) is 0 Å². The van der Waals surface area contributed by atoms with Crippen molar-refractivity contribution in [3.8, 4) is 0 Å². The summed E-state index contributed by atoms with van der Waals surface area (Å²) in [7, 11) is 0. The zero-order valence-corrected chi connectivity index (χ0v) is 7.94. The first-order valence-corrected chi connectivity index (χ1v) is 4.39. The molecule has 78 valence electrons. The minimum atomic E-state index is -0.821. The third kappa shape index (κ3) is 2.29. The molecule has 0 bridgehead atoms. The molecular formula is C10H14FNO2. The molecule has 0 radical (unpaired) electrons. The largest absolute Gasteiger partial charge is 0.392 e. The first-order chi connectivity index (χ1) is 6.56. The fourth-order valence-corrected chi connectivity index (χ4v) is 1.21. The zero-order valence-electron chi connectivity index (χ0n) is 7.94. The predicted octanol–water partition coefficient (Wildman–Crippen LogP) is 0.699. The molecule has 2 atom stereocenters. The number of rotatable bonds is 3. The van der Waals surface area contributed by atoms with Crippen LogP contribution in [0.2, 0.25) is 0 Å². The summed E-state index contributed by atoms with van der Waals surface area (Å²) >= 11 is 0. The second-order valence-corrected chi connectivity index (χ2v) is 3.28.